The Balaban J connectivity index is 1.60. The molecule has 1 aliphatic rings. The minimum atomic E-state index is -4.04. The number of para-hydroxylation sites is 1. The van der Waals surface area contributed by atoms with Crippen molar-refractivity contribution >= 4 is 39.1 Å². The minimum Gasteiger partial charge on any atom is -0.378 e. The van der Waals surface area contributed by atoms with Gasteiger partial charge in [0.2, 0.25) is 0 Å². The first kappa shape index (κ1) is 20.9. The number of hydrogen-bond acceptors (Lipinski definition) is 6. The Morgan fingerprint density at radius 3 is 2.16 bits per heavy atom. The Morgan fingerprint density at radius 1 is 0.839 bits per heavy atom. The van der Waals surface area contributed by atoms with Gasteiger partial charge in [0.25, 0.3) is 11.1 Å². The lowest BCUT2D eigenvalue weighted by molar-refractivity contribution is -0.123. The zero-order valence-electron chi connectivity index (χ0n) is 16.2. The molecular weight excluding hydrogens is 434 g/mol. The Hall–Kier alpha value is -3.36. The summed E-state index contributed by atoms with van der Waals surface area (Å²) in [6.45, 7) is 0.170. The van der Waals surface area contributed by atoms with Gasteiger partial charge in [0.05, 0.1) is 11.4 Å². The third kappa shape index (κ3) is 4.70. The standard InChI is InChI=1S/C23H17NO5S2/c25-22-21(30-23(26)24(22)16-17-9-3-1-4-10-17)15-18-11-7-8-14-20(18)29-31(27,28)19-12-5-2-6-13-19/h1-15H,16H2/b21-15-. The van der Waals surface area contributed by atoms with Crippen LogP contribution in [0.25, 0.3) is 6.08 Å². The molecule has 0 aliphatic carbocycles. The number of rotatable bonds is 6. The van der Waals surface area contributed by atoms with Crippen LogP contribution < -0.4 is 4.18 Å². The predicted octanol–water partition coefficient (Wildman–Crippen LogP) is 4.69. The molecule has 0 unspecified atom stereocenters. The monoisotopic (exact) mass is 451 g/mol. The summed E-state index contributed by atoms with van der Waals surface area (Å²) < 4.78 is 30.5. The van der Waals surface area contributed by atoms with E-state index in [4.69, 9.17) is 4.18 Å². The summed E-state index contributed by atoms with van der Waals surface area (Å²) in [5.74, 6) is -0.360. The van der Waals surface area contributed by atoms with Gasteiger partial charge in [0, 0.05) is 5.56 Å². The highest BCUT2D eigenvalue weighted by Crippen LogP contribution is 2.35. The van der Waals surface area contributed by atoms with Gasteiger partial charge < -0.3 is 4.18 Å². The van der Waals surface area contributed by atoms with Crippen LogP contribution in [0.5, 0.6) is 5.75 Å². The quantitative estimate of drug-likeness (QED) is 0.400. The van der Waals surface area contributed by atoms with Crippen molar-refractivity contribution in [3.8, 4) is 5.75 Å². The third-order valence-electron chi connectivity index (χ3n) is 4.49. The fraction of sp³-hybridized carbons (Fsp3) is 0.0435. The Kier molecular flexibility index (Phi) is 5.92. The van der Waals surface area contributed by atoms with Crippen LogP contribution in [0.15, 0.2) is 94.7 Å². The molecule has 0 N–H and O–H groups in total. The van der Waals surface area contributed by atoms with Gasteiger partial charge in [-0.2, -0.15) is 8.42 Å². The van der Waals surface area contributed by atoms with Crippen LogP contribution in [0.3, 0.4) is 0 Å². The molecule has 1 saturated heterocycles. The first-order valence-corrected chi connectivity index (χ1v) is 11.5. The lowest BCUT2D eigenvalue weighted by atomic mass is 10.2. The van der Waals surface area contributed by atoms with E-state index >= 15 is 0 Å². The average Bonchev–Trinajstić information content (AvgIpc) is 3.04. The van der Waals surface area contributed by atoms with Crippen molar-refractivity contribution in [1.29, 1.82) is 0 Å². The van der Waals surface area contributed by atoms with E-state index in [0.717, 1.165) is 22.2 Å². The van der Waals surface area contributed by atoms with E-state index in [2.05, 4.69) is 0 Å². The number of hydrogen-bond donors (Lipinski definition) is 0. The summed E-state index contributed by atoms with van der Waals surface area (Å²) in [6.07, 6.45) is 1.48. The average molecular weight is 452 g/mol. The first-order chi connectivity index (χ1) is 14.9. The van der Waals surface area contributed by atoms with Crippen LogP contribution in [0.4, 0.5) is 4.79 Å². The molecule has 0 radical (unpaired) electrons. The highest BCUT2D eigenvalue weighted by Gasteiger charge is 2.35. The maximum Gasteiger partial charge on any atom is 0.339 e. The highest BCUT2D eigenvalue weighted by molar-refractivity contribution is 8.18. The van der Waals surface area contributed by atoms with Gasteiger partial charge >= 0.3 is 10.1 Å². The van der Waals surface area contributed by atoms with E-state index in [1.807, 2.05) is 30.3 Å². The second kappa shape index (κ2) is 8.79. The molecule has 2 amide bonds. The summed E-state index contributed by atoms with van der Waals surface area (Å²) in [4.78, 5) is 26.6. The lowest BCUT2D eigenvalue weighted by Crippen LogP contribution is -2.27. The first-order valence-electron chi connectivity index (χ1n) is 9.32. The number of nitrogens with zero attached hydrogens (tertiary/aromatic N) is 1. The van der Waals surface area contributed by atoms with Gasteiger partial charge in [-0.15, -0.1) is 0 Å². The number of thioether (sulfide) groups is 1. The molecule has 8 heteroatoms. The van der Waals surface area contributed by atoms with E-state index in [1.54, 1.807) is 36.4 Å². The molecule has 0 spiro atoms. The van der Waals surface area contributed by atoms with E-state index in [-0.39, 0.29) is 27.3 Å². The molecule has 1 fully saturated rings. The summed E-state index contributed by atoms with van der Waals surface area (Å²) in [5.41, 5.74) is 1.22. The Morgan fingerprint density at radius 2 is 1.45 bits per heavy atom. The van der Waals surface area contributed by atoms with Crippen molar-refractivity contribution in [2.24, 2.45) is 0 Å². The molecule has 156 valence electrons. The van der Waals surface area contributed by atoms with Crippen molar-refractivity contribution in [1.82, 2.24) is 4.90 Å². The number of carbonyl (C=O) groups excluding carboxylic acids is 2. The topological polar surface area (TPSA) is 80.8 Å². The van der Waals surface area contributed by atoms with Gasteiger partial charge in [-0.25, -0.2) is 0 Å². The van der Waals surface area contributed by atoms with Crippen LogP contribution in [0.2, 0.25) is 0 Å². The molecule has 0 aromatic heterocycles. The lowest BCUT2D eigenvalue weighted by Gasteiger charge is -2.12. The fourth-order valence-electron chi connectivity index (χ4n) is 2.97. The molecule has 0 atom stereocenters. The Labute approximate surface area is 184 Å². The van der Waals surface area contributed by atoms with Crippen LogP contribution in [0.1, 0.15) is 11.1 Å². The molecule has 1 heterocycles. The number of amides is 2. The summed E-state index contributed by atoms with van der Waals surface area (Å²) in [7, 11) is -4.04. The van der Waals surface area contributed by atoms with E-state index < -0.39 is 16.0 Å². The molecule has 0 saturated carbocycles. The molecule has 3 aromatic rings. The van der Waals surface area contributed by atoms with Crippen molar-refractivity contribution in [2.45, 2.75) is 11.4 Å². The van der Waals surface area contributed by atoms with Gasteiger partial charge in [-0.05, 0) is 41.6 Å². The summed E-state index contributed by atoms with van der Waals surface area (Å²) >= 11 is 0.812. The van der Waals surface area contributed by atoms with Crippen LogP contribution in [-0.4, -0.2) is 24.5 Å². The van der Waals surface area contributed by atoms with Crippen molar-refractivity contribution < 1.29 is 22.2 Å². The van der Waals surface area contributed by atoms with Crippen LogP contribution in [-0.2, 0) is 21.5 Å². The number of carbonyl (C=O) groups is 2. The maximum absolute atomic E-state index is 12.8. The molecule has 4 rings (SSSR count). The predicted molar refractivity (Wildman–Crippen MR) is 119 cm³/mol. The highest BCUT2D eigenvalue weighted by atomic mass is 32.2. The van der Waals surface area contributed by atoms with Crippen molar-refractivity contribution in [3.63, 3.8) is 0 Å². The smallest absolute Gasteiger partial charge is 0.339 e. The second-order valence-corrected chi connectivity index (χ2v) is 9.18. The molecular formula is C23H17NO5S2. The van der Waals surface area contributed by atoms with Crippen LogP contribution >= 0.6 is 11.8 Å². The maximum atomic E-state index is 12.8. The zero-order valence-corrected chi connectivity index (χ0v) is 17.8. The largest absolute Gasteiger partial charge is 0.378 e. The molecule has 0 bridgehead atoms. The minimum absolute atomic E-state index is 0.0213. The fourth-order valence-corrected chi connectivity index (χ4v) is 4.78. The number of benzene rings is 3. The second-order valence-electron chi connectivity index (χ2n) is 6.64. The molecule has 6 nitrogen and oxygen atoms in total. The van der Waals surface area contributed by atoms with Gasteiger partial charge in [0.15, 0.2) is 0 Å². The van der Waals surface area contributed by atoms with Crippen molar-refractivity contribution in [2.75, 3.05) is 0 Å². The number of imide groups is 1. The Bertz CT molecular complexity index is 1260. The summed E-state index contributed by atoms with van der Waals surface area (Å²) in [5, 5.41) is -0.379. The van der Waals surface area contributed by atoms with Gasteiger partial charge in [0.1, 0.15) is 10.6 Å². The normalized spacial score (nSPS) is 15.5. The van der Waals surface area contributed by atoms with Crippen LogP contribution in [0, 0.1) is 0 Å². The third-order valence-corrected chi connectivity index (χ3v) is 6.65. The SMILES string of the molecule is O=C1S/C(=C\c2ccccc2OS(=O)(=O)c2ccccc2)C(=O)N1Cc1ccccc1. The van der Waals surface area contributed by atoms with Gasteiger partial charge in [-0.3, -0.25) is 14.5 Å². The molecule has 31 heavy (non-hydrogen) atoms. The molecule has 1 aliphatic heterocycles. The van der Waals surface area contributed by atoms with E-state index in [9.17, 15) is 18.0 Å². The summed E-state index contributed by atoms with van der Waals surface area (Å²) in [6, 6.07) is 23.5. The van der Waals surface area contributed by atoms with E-state index in [1.165, 1.54) is 24.3 Å². The van der Waals surface area contributed by atoms with Gasteiger partial charge in [-0.1, -0.05) is 66.7 Å². The zero-order chi connectivity index (χ0) is 21.8. The van der Waals surface area contributed by atoms with E-state index in [0.29, 0.717) is 5.56 Å². The van der Waals surface area contributed by atoms with Crippen molar-refractivity contribution in [3.05, 3.63) is 101 Å². The molecule has 3 aromatic carbocycles.